The van der Waals surface area contributed by atoms with Gasteiger partial charge in [0.15, 0.2) is 0 Å². The first-order valence-corrected chi connectivity index (χ1v) is 11.3. The number of hydrogen-bond acceptors (Lipinski definition) is 3. The molecule has 0 saturated heterocycles. The molecule has 0 saturated carbocycles. The molecule has 0 spiro atoms. The third kappa shape index (κ3) is 11.0. The van der Waals surface area contributed by atoms with Gasteiger partial charge in [0, 0.05) is 25.0 Å². The van der Waals surface area contributed by atoms with E-state index in [1.54, 1.807) is 0 Å². The lowest BCUT2D eigenvalue weighted by atomic mass is 9.92. The molecule has 0 fully saturated rings. The summed E-state index contributed by atoms with van der Waals surface area (Å²) < 4.78 is 0. The summed E-state index contributed by atoms with van der Waals surface area (Å²) in [5.74, 6) is -0.299. The number of benzene rings is 2. The van der Waals surface area contributed by atoms with E-state index in [1.807, 2.05) is 60.7 Å². The molecule has 2 rings (SSSR count). The van der Waals surface area contributed by atoms with Gasteiger partial charge in [0.2, 0.25) is 5.91 Å². The minimum absolute atomic E-state index is 0.0947. The van der Waals surface area contributed by atoms with E-state index < -0.39 is 18.2 Å². The Kier molecular flexibility index (Phi) is 11.3. The average molecular weight is 456 g/mol. The van der Waals surface area contributed by atoms with Crippen molar-refractivity contribution in [3.05, 3.63) is 71.8 Å². The fourth-order valence-electron chi connectivity index (χ4n) is 3.69. The SMILES string of the molecule is O=C(O)NCCC[C@H](CNC(=O)C(CCc1ccccc1)CCc1ccccc1)NC(=O)O. The minimum Gasteiger partial charge on any atom is -0.465 e. The van der Waals surface area contributed by atoms with Crippen molar-refractivity contribution in [2.24, 2.45) is 5.92 Å². The molecule has 178 valence electrons. The van der Waals surface area contributed by atoms with Gasteiger partial charge in [-0.1, -0.05) is 60.7 Å². The van der Waals surface area contributed by atoms with Gasteiger partial charge in [0.25, 0.3) is 0 Å². The van der Waals surface area contributed by atoms with E-state index in [0.29, 0.717) is 25.7 Å². The van der Waals surface area contributed by atoms with Gasteiger partial charge in [-0.2, -0.15) is 0 Å². The van der Waals surface area contributed by atoms with Crippen molar-refractivity contribution in [2.45, 2.75) is 44.6 Å². The predicted molar refractivity (Wildman–Crippen MR) is 126 cm³/mol. The van der Waals surface area contributed by atoms with Crippen LogP contribution >= 0.6 is 0 Å². The quantitative estimate of drug-likeness (QED) is 0.278. The van der Waals surface area contributed by atoms with Gasteiger partial charge >= 0.3 is 12.2 Å². The van der Waals surface area contributed by atoms with E-state index in [2.05, 4.69) is 16.0 Å². The zero-order chi connectivity index (χ0) is 23.9. The van der Waals surface area contributed by atoms with Crippen molar-refractivity contribution >= 4 is 18.1 Å². The van der Waals surface area contributed by atoms with Crippen molar-refractivity contribution in [2.75, 3.05) is 13.1 Å². The van der Waals surface area contributed by atoms with E-state index in [-0.39, 0.29) is 24.9 Å². The largest absolute Gasteiger partial charge is 0.465 e. The lowest BCUT2D eigenvalue weighted by molar-refractivity contribution is -0.125. The maximum atomic E-state index is 13.0. The molecule has 0 aromatic heterocycles. The van der Waals surface area contributed by atoms with Crippen LogP contribution in [0.2, 0.25) is 0 Å². The molecule has 2 aromatic rings. The summed E-state index contributed by atoms with van der Waals surface area (Å²) in [5.41, 5.74) is 2.35. The van der Waals surface area contributed by atoms with Crippen molar-refractivity contribution in [1.82, 2.24) is 16.0 Å². The highest BCUT2D eigenvalue weighted by Crippen LogP contribution is 2.17. The Labute approximate surface area is 194 Å². The van der Waals surface area contributed by atoms with E-state index >= 15 is 0 Å². The molecular formula is C25H33N3O5. The summed E-state index contributed by atoms with van der Waals surface area (Å²) >= 11 is 0. The molecule has 0 bridgehead atoms. The lowest BCUT2D eigenvalue weighted by Crippen LogP contribution is -2.45. The molecule has 5 N–H and O–H groups in total. The van der Waals surface area contributed by atoms with Crippen LogP contribution in [0, 0.1) is 5.92 Å². The summed E-state index contributed by atoms with van der Waals surface area (Å²) in [5, 5.41) is 25.3. The van der Waals surface area contributed by atoms with Crippen LogP contribution in [0.4, 0.5) is 9.59 Å². The number of aryl methyl sites for hydroxylation is 2. The van der Waals surface area contributed by atoms with Crippen LogP contribution < -0.4 is 16.0 Å². The van der Waals surface area contributed by atoms with Crippen LogP contribution in [0.1, 0.15) is 36.8 Å². The van der Waals surface area contributed by atoms with Gasteiger partial charge in [0.05, 0.1) is 0 Å². The molecule has 8 nitrogen and oxygen atoms in total. The van der Waals surface area contributed by atoms with Crippen LogP contribution in [0.25, 0.3) is 0 Å². The van der Waals surface area contributed by atoms with Crippen molar-refractivity contribution < 1.29 is 24.6 Å². The fraction of sp³-hybridized carbons (Fsp3) is 0.400. The summed E-state index contributed by atoms with van der Waals surface area (Å²) in [6.07, 6.45) is 1.53. The topological polar surface area (TPSA) is 128 Å². The molecule has 8 heteroatoms. The molecule has 0 heterocycles. The third-order valence-corrected chi connectivity index (χ3v) is 5.48. The molecule has 0 radical (unpaired) electrons. The normalized spacial score (nSPS) is 11.5. The lowest BCUT2D eigenvalue weighted by Gasteiger charge is -2.21. The second kappa shape index (κ2) is 14.5. The van der Waals surface area contributed by atoms with E-state index in [9.17, 15) is 14.4 Å². The Morgan fingerprint density at radius 3 is 1.76 bits per heavy atom. The van der Waals surface area contributed by atoms with Gasteiger partial charge in [-0.15, -0.1) is 0 Å². The van der Waals surface area contributed by atoms with Crippen LogP contribution in [-0.2, 0) is 17.6 Å². The van der Waals surface area contributed by atoms with E-state index in [0.717, 1.165) is 12.8 Å². The Hall–Kier alpha value is -3.55. The minimum atomic E-state index is -1.18. The smallest absolute Gasteiger partial charge is 0.404 e. The highest BCUT2D eigenvalue weighted by Gasteiger charge is 2.20. The number of nitrogens with one attached hydrogen (secondary N) is 3. The Morgan fingerprint density at radius 2 is 1.27 bits per heavy atom. The first kappa shape index (κ1) is 25.7. The third-order valence-electron chi connectivity index (χ3n) is 5.48. The van der Waals surface area contributed by atoms with Crippen LogP contribution in [-0.4, -0.2) is 47.4 Å². The summed E-state index contributed by atoms with van der Waals surface area (Å²) in [7, 11) is 0. The highest BCUT2D eigenvalue weighted by molar-refractivity contribution is 5.78. The number of rotatable bonds is 14. The van der Waals surface area contributed by atoms with Gasteiger partial charge in [-0.25, -0.2) is 9.59 Å². The molecule has 3 amide bonds. The molecule has 0 aliphatic rings. The number of carbonyl (C=O) groups is 3. The predicted octanol–water partition coefficient (Wildman–Crippen LogP) is 3.67. The summed E-state index contributed by atoms with van der Waals surface area (Å²) in [6.45, 7) is 0.378. The second-order valence-electron chi connectivity index (χ2n) is 8.01. The summed E-state index contributed by atoms with van der Waals surface area (Å²) in [4.78, 5) is 34.7. The van der Waals surface area contributed by atoms with Crippen molar-refractivity contribution in [3.8, 4) is 0 Å². The van der Waals surface area contributed by atoms with E-state index in [1.165, 1.54) is 11.1 Å². The van der Waals surface area contributed by atoms with Gasteiger partial charge in [0.1, 0.15) is 0 Å². The van der Waals surface area contributed by atoms with Gasteiger partial charge in [-0.05, 0) is 49.7 Å². The Balaban J connectivity index is 1.93. The Bertz CT molecular complexity index is 817. The number of hydrogen-bond donors (Lipinski definition) is 5. The monoisotopic (exact) mass is 455 g/mol. The van der Waals surface area contributed by atoms with Gasteiger partial charge in [-0.3, -0.25) is 4.79 Å². The Morgan fingerprint density at radius 1 is 0.727 bits per heavy atom. The maximum absolute atomic E-state index is 13.0. The number of amides is 3. The first-order chi connectivity index (χ1) is 15.9. The average Bonchev–Trinajstić information content (AvgIpc) is 2.80. The maximum Gasteiger partial charge on any atom is 0.404 e. The van der Waals surface area contributed by atoms with E-state index in [4.69, 9.17) is 10.2 Å². The zero-order valence-electron chi connectivity index (χ0n) is 18.7. The highest BCUT2D eigenvalue weighted by atomic mass is 16.4. The second-order valence-corrected chi connectivity index (χ2v) is 8.01. The summed E-state index contributed by atoms with van der Waals surface area (Å²) in [6, 6.07) is 19.5. The number of carbonyl (C=O) groups excluding carboxylic acids is 1. The van der Waals surface area contributed by atoms with Crippen LogP contribution in [0.15, 0.2) is 60.7 Å². The van der Waals surface area contributed by atoms with Crippen LogP contribution in [0.3, 0.4) is 0 Å². The molecule has 33 heavy (non-hydrogen) atoms. The fourth-order valence-corrected chi connectivity index (χ4v) is 3.69. The van der Waals surface area contributed by atoms with Crippen molar-refractivity contribution in [1.29, 1.82) is 0 Å². The zero-order valence-corrected chi connectivity index (χ0v) is 18.7. The number of carboxylic acid groups (broad SMARTS) is 2. The molecule has 1 atom stereocenters. The first-order valence-electron chi connectivity index (χ1n) is 11.3. The molecule has 0 aliphatic carbocycles. The molecule has 2 aromatic carbocycles. The molecule has 0 aliphatic heterocycles. The molecule has 0 unspecified atom stereocenters. The standard InChI is InChI=1S/C25H33N3O5/c29-23(27-18-22(28-25(32)33)12-7-17-26-24(30)31)21(15-13-19-8-3-1-4-9-19)16-14-20-10-5-2-6-11-20/h1-6,8-11,21-22,26,28H,7,12-18H2,(H,27,29)(H,30,31)(H,32,33)/t22-/m1/s1. The molecular weight excluding hydrogens is 422 g/mol. The van der Waals surface area contributed by atoms with Crippen LogP contribution in [0.5, 0.6) is 0 Å². The van der Waals surface area contributed by atoms with Crippen molar-refractivity contribution in [3.63, 3.8) is 0 Å². The van der Waals surface area contributed by atoms with Gasteiger partial charge < -0.3 is 26.2 Å².